The van der Waals surface area contributed by atoms with Gasteiger partial charge in [0.15, 0.2) is 0 Å². The van der Waals surface area contributed by atoms with E-state index in [0.717, 1.165) is 31.8 Å². The van der Waals surface area contributed by atoms with Crippen molar-refractivity contribution in [1.29, 1.82) is 0 Å². The van der Waals surface area contributed by atoms with E-state index in [1.165, 1.54) is 32.1 Å². The first-order valence-electron chi connectivity index (χ1n) is 9.08. The van der Waals surface area contributed by atoms with Crippen LogP contribution in [-0.4, -0.2) is 41.8 Å². The summed E-state index contributed by atoms with van der Waals surface area (Å²) in [6.45, 7) is 9.91. The molecule has 3 atom stereocenters. The third kappa shape index (κ3) is 5.45. The highest BCUT2D eigenvalue weighted by Gasteiger charge is 2.32. The van der Waals surface area contributed by atoms with Crippen LogP contribution in [-0.2, 0) is 4.74 Å². The molecule has 4 nitrogen and oxygen atoms in total. The van der Waals surface area contributed by atoms with Gasteiger partial charge in [-0.05, 0) is 58.8 Å². The number of carbonyl (C=O) groups excluding carboxylic acids is 1. The quantitative estimate of drug-likeness (QED) is 0.803. The van der Waals surface area contributed by atoms with Gasteiger partial charge in [0.2, 0.25) is 0 Å². The van der Waals surface area contributed by atoms with Gasteiger partial charge in [-0.15, -0.1) is 0 Å². The Morgan fingerprint density at radius 2 is 1.91 bits per heavy atom. The van der Waals surface area contributed by atoms with Crippen LogP contribution >= 0.6 is 0 Å². The van der Waals surface area contributed by atoms with Gasteiger partial charge >= 0.3 is 6.09 Å². The summed E-state index contributed by atoms with van der Waals surface area (Å²) in [6, 6.07) is 0.932. The average molecular weight is 310 g/mol. The molecule has 0 spiro atoms. The Balaban J connectivity index is 1.79. The van der Waals surface area contributed by atoms with Gasteiger partial charge in [0.25, 0.3) is 0 Å². The summed E-state index contributed by atoms with van der Waals surface area (Å²) >= 11 is 0. The van der Waals surface area contributed by atoms with E-state index in [4.69, 9.17) is 4.74 Å². The zero-order chi connectivity index (χ0) is 16.2. The number of rotatable bonds is 3. The predicted octanol–water partition coefficient (Wildman–Crippen LogP) is 3.94. The van der Waals surface area contributed by atoms with Crippen molar-refractivity contribution in [2.75, 3.05) is 13.1 Å². The molecule has 0 aromatic heterocycles. The van der Waals surface area contributed by atoms with Crippen LogP contribution < -0.4 is 5.32 Å². The molecule has 0 aromatic carbocycles. The first-order valence-corrected chi connectivity index (χ1v) is 9.08. The Bertz CT molecular complexity index is 365. The number of amides is 1. The molecule has 3 unspecified atom stereocenters. The SMILES string of the molecule is CC1CCCC(NCC2CCCN2C(=O)OC(C)(C)C)CC1. The molecule has 22 heavy (non-hydrogen) atoms. The smallest absolute Gasteiger partial charge is 0.410 e. The second kappa shape index (κ2) is 7.67. The molecule has 1 saturated carbocycles. The summed E-state index contributed by atoms with van der Waals surface area (Å²) in [5.41, 5.74) is -0.408. The Morgan fingerprint density at radius 3 is 2.64 bits per heavy atom. The summed E-state index contributed by atoms with van der Waals surface area (Å²) in [4.78, 5) is 14.2. The zero-order valence-electron chi connectivity index (χ0n) is 14.9. The van der Waals surface area contributed by atoms with Gasteiger partial charge in [0, 0.05) is 25.2 Å². The maximum Gasteiger partial charge on any atom is 0.410 e. The first kappa shape index (κ1) is 17.6. The largest absolute Gasteiger partial charge is 0.444 e. The molecule has 0 radical (unpaired) electrons. The topological polar surface area (TPSA) is 41.6 Å². The molecule has 1 aliphatic heterocycles. The minimum absolute atomic E-state index is 0.147. The van der Waals surface area contributed by atoms with Crippen molar-refractivity contribution in [3.63, 3.8) is 0 Å². The lowest BCUT2D eigenvalue weighted by atomic mass is 10.0. The summed E-state index contributed by atoms with van der Waals surface area (Å²) in [5, 5.41) is 3.72. The minimum Gasteiger partial charge on any atom is -0.444 e. The van der Waals surface area contributed by atoms with Crippen LogP contribution in [0, 0.1) is 5.92 Å². The molecule has 2 fully saturated rings. The lowest BCUT2D eigenvalue weighted by Crippen LogP contribution is -2.46. The molecule has 1 heterocycles. The van der Waals surface area contributed by atoms with Crippen LogP contribution in [0.3, 0.4) is 0 Å². The molecule has 2 rings (SSSR count). The van der Waals surface area contributed by atoms with Gasteiger partial charge < -0.3 is 15.0 Å². The summed E-state index contributed by atoms with van der Waals surface area (Å²) in [5.74, 6) is 0.872. The minimum atomic E-state index is -0.408. The fraction of sp³-hybridized carbons (Fsp3) is 0.944. The van der Waals surface area contributed by atoms with Crippen molar-refractivity contribution in [2.24, 2.45) is 5.92 Å². The van der Waals surface area contributed by atoms with Crippen molar-refractivity contribution in [3.05, 3.63) is 0 Å². The Kier molecular flexibility index (Phi) is 6.13. The van der Waals surface area contributed by atoms with E-state index in [2.05, 4.69) is 12.2 Å². The molecule has 1 N–H and O–H groups in total. The van der Waals surface area contributed by atoms with Gasteiger partial charge in [-0.2, -0.15) is 0 Å². The molecular formula is C18H34N2O2. The average Bonchev–Trinajstić information content (AvgIpc) is 2.78. The fourth-order valence-electron chi connectivity index (χ4n) is 3.60. The molecule has 0 aromatic rings. The van der Waals surface area contributed by atoms with E-state index in [-0.39, 0.29) is 6.09 Å². The van der Waals surface area contributed by atoms with E-state index in [9.17, 15) is 4.79 Å². The normalized spacial score (nSPS) is 30.2. The van der Waals surface area contributed by atoms with Crippen molar-refractivity contribution in [2.45, 2.75) is 90.3 Å². The molecule has 4 heteroatoms. The van der Waals surface area contributed by atoms with E-state index < -0.39 is 5.60 Å². The van der Waals surface area contributed by atoms with E-state index >= 15 is 0 Å². The third-order valence-electron chi connectivity index (χ3n) is 4.90. The van der Waals surface area contributed by atoms with Gasteiger partial charge in [0.05, 0.1) is 0 Å². The summed E-state index contributed by atoms with van der Waals surface area (Å²) in [7, 11) is 0. The predicted molar refractivity (Wildman–Crippen MR) is 90.0 cm³/mol. The van der Waals surface area contributed by atoms with Crippen LogP contribution in [0.2, 0.25) is 0 Å². The van der Waals surface area contributed by atoms with Crippen molar-refractivity contribution >= 4 is 6.09 Å². The summed E-state index contributed by atoms with van der Waals surface area (Å²) in [6.07, 6.45) is 8.63. The summed E-state index contributed by atoms with van der Waals surface area (Å²) < 4.78 is 5.54. The number of nitrogens with zero attached hydrogens (tertiary/aromatic N) is 1. The molecule has 0 bridgehead atoms. The highest BCUT2D eigenvalue weighted by molar-refractivity contribution is 5.69. The molecule has 1 amide bonds. The van der Waals surface area contributed by atoms with E-state index in [1.54, 1.807) is 0 Å². The number of hydrogen-bond acceptors (Lipinski definition) is 3. The second-order valence-corrected chi connectivity index (χ2v) is 8.19. The number of carbonyl (C=O) groups is 1. The molecule has 128 valence electrons. The Morgan fingerprint density at radius 1 is 1.14 bits per heavy atom. The van der Waals surface area contributed by atoms with Crippen molar-refractivity contribution in [1.82, 2.24) is 10.2 Å². The number of nitrogens with one attached hydrogen (secondary N) is 1. The standard InChI is InChI=1S/C18H34N2O2/c1-14-7-5-8-15(11-10-14)19-13-16-9-6-12-20(16)17(21)22-18(2,3)4/h14-16,19H,5-13H2,1-4H3. The fourth-order valence-corrected chi connectivity index (χ4v) is 3.60. The van der Waals surface area contributed by atoms with Gasteiger partial charge in [0.1, 0.15) is 5.60 Å². The van der Waals surface area contributed by atoms with Gasteiger partial charge in [-0.3, -0.25) is 0 Å². The van der Waals surface area contributed by atoms with Crippen LogP contribution in [0.15, 0.2) is 0 Å². The number of likely N-dealkylation sites (tertiary alicyclic amines) is 1. The van der Waals surface area contributed by atoms with Crippen LogP contribution in [0.4, 0.5) is 4.79 Å². The van der Waals surface area contributed by atoms with Gasteiger partial charge in [-0.25, -0.2) is 4.79 Å². The second-order valence-electron chi connectivity index (χ2n) is 8.19. The highest BCUT2D eigenvalue weighted by Crippen LogP contribution is 2.24. The monoisotopic (exact) mass is 310 g/mol. The Labute approximate surface area is 136 Å². The third-order valence-corrected chi connectivity index (χ3v) is 4.90. The Hall–Kier alpha value is -0.770. The highest BCUT2D eigenvalue weighted by atomic mass is 16.6. The number of ether oxygens (including phenoxy) is 1. The molecule has 1 aliphatic carbocycles. The first-order chi connectivity index (χ1) is 10.3. The van der Waals surface area contributed by atoms with Gasteiger partial charge in [-0.1, -0.05) is 19.8 Å². The molecular weight excluding hydrogens is 276 g/mol. The van der Waals surface area contributed by atoms with E-state index in [0.29, 0.717) is 12.1 Å². The lowest BCUT2D eigenvalue weighted by Gasteiger charge is -2.29. The molecule has 2 aliphatic rings. The van der Waals surface area contributed by atoms with E-state index in [1.807, 2.05) is 25.7 Å². The zero-order valence-corrected chi connectivity index (χ0v) is 14.9. The number of hydrogen-bond donors (Lipinski definition) is 1. The van der Waals surface area contributed by atoms with Crippen LogP contribution in [0.1, 0.15) is 72.6 Å². The molecule has 1 saturated heterocycles. The lowest BCUT2D eigenvalue weighted by molar-refractivity contribution is 0.0224. The maximum absolute atomic E-state index is 12.3. The van der Waals surface area contributed by atoms with Crippen molar-refractivity contribution < 1.29 is 9.53 Å². The van der Waals surface area contributed by atoms with Crippen LogP contribution in [0.25, 0.3) is 0 Å². The van der Waals surface area contributed by atoms with Crippen molar-refractivity contribution in [3.8, 4) is 0 Å². The maximum atomic E-state index is 12.3. The van der Waals surface area contributed by atoms with Crippen LogP contribution in [0.5, 0.6) is 0 Å².